The predicted octanol–water partition coefficient (Wildman–Crippen LogP) is 4.42. The minimum atomic E-state index is -4.73. The Kier molecular flexibility index (Phi) is 3.74. The second kappa shape index (κ2) is 5.30. The molecule has 100 valence electrons. The Balaban J connectivity index is 2.14. The lowest BCUT2D eigenvalue weighted by Crippen LogP contribution is -2.08. The van der Waals surface area contributed by atoms with E-state index in [1.807, 2.05) is 6.07 Å². The third-order valence-corrected chi connectivity index (χ3v) is 2.49. The van der Waals surface area contributed by atoms with E-state index in [-0.39, 0.29) is 12.4 Å². The molecule has 0 aliphatic carbocycles. The average Bonchev–Trinajstić information content (AvgIpc) is 2.37. The Morgan fingerprint density at radius 1 is 0.947 bits per heavy atom. The van der Waals surface area contributed by atoms with Crippen LogP contribution in [0.1, 0.15) is 11.1 Å². The van der Waals surface area contributed by atoms with Crippen LogP contribution in [0.15, 0.2) is 48.5 Å². The Bertz CT molecular complexity index is 549. The number of ether oxygens (including phenoxy) is 1. The maximum Gasteiger partial charge on any atom is 0.419 e. The molecule has 19 heavy (non-hydrogen) atoms. The van der Waals surface area contributed by atoms with Crippen LogP contribution in [0, 0.1) is 5.82 Å². The summed E-state index contributed by atoms with van der Waals surface area (Å²) in [4.78, 5) is 0. The van der Waals surface area contributed by atoms with Crippen LogP contribution in [0.2, 0.25) is 0 Å². The minimum Gasteiger partial charge on any atom is -0.489 e. The van der Waals surface area contributed by atoms with E-state index in [0.29, 0.717) is 6.07 Å². The molecule has 2 aromatic rings. The zero-order valence-corrected chi connectivity index (χ0v) is 9.75. The molecule has 0 amide bonds. The van der Waals surface area contributed by atoms with Crippen LogP contribution in [0.3, 0.4) is 0 Å². The molecular formula is C14H10F4O. The molecular weight excluding hydrogens is 260 g/mol. The van der Waals surface area contributed by atoms with Gasteiger partial charge in [-0.2, -0.15) is 13.2 Å². The van der Waals surface area contributed by atoms with Gasteiger partial charge in [0.1, 0.15) is 18.2 Å². The Morgan fingerprint density at radius 2 is 1.63 bits per heavy atom. The van der Waals surface area contributed by atoms with Crippen molar-refractivity contribution in [2.24, 2.45) is 0 Å². The number of hydrogen-bond acceptors (Lipinski definition) is 1. The number of benzene rings is 2. The van der Waals surface area contributed by atoms with Gasteiger partial charge in [-0.05, 0) is 23.8 Å². The van der Waals surface area contributed by atoms with Gasteiger partial charge < -0.3 is 4.74 Å². The van der Waals surface area contributed by atoms with Gasteiger partial charge in [0.15, 0.2) is 0 Å². The van der Waals surface area contributed by atoms with Gasteiger partial charge in [0.2, 0.25) is 0 Å². The normalized spacial score (nSPS) is 11.4. The zero-order valence-electron chi connectivity index (χ0n) is 9.75. The summed E-state index contributed by atoms with van der Waals surface area (Å²) < 4.78 is 55.8. The van der Waals surface area contributed by atoms with E-state index in [2.05, 4.69) is 0 Å². The van der Waals surface area contributed by atoms with Crippen molar-refractivity contribution in [1.82, 2.24) is 0 Å². The lowest BCUT2D eigenvalue weighted by atomic mass is 10.2. The summed E-state index contributed by atoms with van der Waals surface area (Å²) in [5, 5.41) is 0. The second-order valence-corrected chi connectivity index (χ2v) is 3.91. The van der Waals surface area contributed by atoms with Crippen molar-refractivity contribution in [3.8, 4) is 5.75 Å². The summed E-state index contributed by atoms with van der Waals surface area (Å²) in [6, 6.07) is 11.6. The van der Waals surface area contributed by atoms with Crippen LogP contribution in [0.5, 0.6) is 5.75 Å². The third-order valence-electron chi connectivity index (χ3n) is 2.49. The number of hydrogen-bond donors (Lipinski definition) is 0. The van der Waals surface area contributed by atoms with E-state index in [9.17, 15) is 17.6 Å². The predicted molar refractivity (Wildman–Crippen MR) is 62.2 cm³/mol. The summed E-state index contributed by atoms with van der Waals surface area (Å²) in [7, 11) is 0. The first-order valence-corrected chi connectivity index (χ1v) is 5.50. The molecule has 2 aromatic carbocycles. The largest absolute Gasteiger partial charge is 0.489 e. The molecule has 2 rings (SSSR count). The number of alkyl halides is 3. The van der Waals surface area contributed by atoms with Crippen LogP contribution in [0.25, 0.3) is 0 Å². The highest BCUT2D eigenvalue weighted by Crippen LogP contribution is 2.33. The Morgan fingerprint density at radius 3 is 2.26 bits per heavy atom. The monoisotopic (exact) mass is 270 g/mol. The Labute approximate surface area is 107 Å². The molecule has 0 unspecified atom stereocenters. The van der Waals surface area contributed by atoms with E-state index >= 15 is 0 Å². The summed E-state index contributed by atoms with van der Waals surface area (Å²) in [5.41, 5.74) is -0.501. The highest BCUT2D eigenvalue weighted by Gasteiger charge is 2.34. The first-order valence-electron chi connectivity index (χ1n) is 5.50. The van der Waals surface area contributed by atoms with Crippen molar-refractivity contribution >= 4 is 0 Å². The molecule has 0 aliphatic rings. The van der Waals surface area contributed by atoms with E-state index in [1.54, 1.807) is 24.3 Å². The molecule has 0 heterocycles. The number of halogens is 4. The second-order valence-electron chi connectivity index (χ2n) is 3.91. The highest BCUT2D eigenvalue weighted by molar-refractivity contribution is 5.32. The lowest BCUT2D eigenvalue weighted by Gasteiger charge is -2.11. The third kappa shape index (κ3) is 3.47. The zero-order chi connectivity index (χ0) is 13.9. The summed E-state index contributed by atoms with van der Waals surface area (Å²) in [6.45, 7) is 0.129. The van der Waals surface area contributed by atoms with Crippen LogP contribution in [0.4, 0.5) is 17.6 Å². The topological polar surface area (TPSA) is 9.23 Å². The first-order chi connectivity index (χ1) is 8.97. The molecule has 0 aromatic heterocycles. The Hall–Kier alpha value is -2.04. The van der Waals surface area contributed by atoms with Gasteiger partial charge in [-0.15, -0.1) is 0 Å². The molecule has 0 atom stereocenters. The summed E-state index contributed by atoms with van der Waals surface area (Å²) in [5.74, 6) is -1.32. The van der Waals surface area contributed by atoms with E-state index in [4.69, 9.17) is 4.74 Å². The van der Waals surface area contributed by atoms with Crippen LogP contribution >= 0.6 is 0 Å². The average molecular weight is 270 g/mol. The van der Waals surface area contributed by atoms with Gasteiger partial charge in [-0.1, -0.05) is 30.3 Å². The quantitative estimate of drug-likeness (QED) is 0.750. The van der Waals surface area contributed by atoms with Gasteiger partial charge in [0, 0.05) is 0 Å². The van der Waals surface area contributed by atoms with Crippen molar-refractivity contribution in [2.75, 3.05) is 0 Å². The molecule has 1 nitrogen and oxygen atoms in total. The molecule has 0 fully saturated rings. The van der Waals surface area contributed by atoms with Crippen LogP contribution in [-0.2, 0) is 12.8 Å². The summed E-state index contributed by atoms with van der Waals surface area (Å²) >= 11 is 0. The molecule has 5 heteroatoms. The molecule has 0 bridgehead atoms. The van der Waals surface area contributed by atoms with Gasteiger partial charge in [-0.25, -0.2) is 4.39 Å². The smallest absolute Gasteiger partial charge is 0.419 e. The van der Waals surface area contributed by atoms with Gasteiger partial charge in [0.05, 0.1) is 5.56 Å². The SMILES string of the molecule is Fc1ccc(OCc2ccccc2)cc1C(F)(F)F. The fourth-order valence-corrected chi connectivity index (χ4v) is 1.55. The lowest BCUT2D eigenvalue weighted by molar-refractivity contribution is -0.140. The van der Waals surface area contributed by atoms with Crippen molar-refractivity contribution in [3.63, 3.8) is 0 Å². The highest BCUT2D eigenvalue weighted by atomic mass is 19.4. The maximum absolute atomic E-state index is 13.1. The summed E-state index contributed by atoms with van der Waals surface area (Å²) in [6.07, 6.45) is -4.73. The fourth-order valence-electron chi connectivity index (χ4n) is 1.55. The fraction of sp³-hybridized carbons (Fsp3) is 0.143. The molecule has 0 spiro atoms. The maximum atomic E-state index is 13.1. The minimum absolute atomic E-state index is 0.0161. The van der Waals surface area contributed by atoms with Gasteiger partial charge >= 0.3 is 6.18 Å². The van der Waals surface area contributed by atoms with Crippen molar-refractivity contribution in [2.45, 2.75) is 12.8 Å². The standard InChI is InChI=1S/C14H10F4O/c15-13-7-6-11(8-12(13)14(16,17)18)19-9-10-4-2-1-3-5-10/h1-8H,9H2. The van der Waals surface area contributed by atoms with E-state index in [1.165, 1.54) is 6.07 Å². The van der Waals surface area contributed by atoms with E-state index < -0.39 is 17.6 Å². The number of rotatable bonds is 3. The molecule has 0 N–H and O–H groups in total. The first kappa shape index (κ1) is 13.4. The van der Waals surface area contributed by atoms with Crippen molar-refractivity contribution in [3.05, 3.63) is 65.5 Å². The molecule has 0 saturated carbocycles. The molecule has 0 saturated heterocycles. The van der Waals surface area contributed by atoms with Crippen LogP contribution < -0.4 is 4.74 Å². The van der Waals surface area contributed by atoms with Crippen LogP contribution in [-0.4, -0.2) is 0 Å². The van der Waals surface area contributed by atoms with Gasteiger partial charge in [-0.3, -0.25) is 0 Å². The van der Waals surface area contributed by atoms with Gasteiger partial charge in [0.25, 0.3) is 0 Å². The van der Waals surface area contributed by atoms with Crippen molar-refractivity contribution in [1.29, 1.82) is 0 Å². The van der Waals surface area contributed by atoms with Crippen molar-refractivity contribution < 1.29 is 22.3 Å². The molecule has 0 radical (unpaired) electrons. The van der Waals surface area contributed by atoms with E-state index in [0.717, 1.165) is 11.6 Å². The molecule has 0 aliphatic heterocycles.